The Labute approximate surface area is 176 Å². The quantitative estimate of drug-likeness (QED) is 0.189. The SMILES string of the molecule is N=C(N)c1ccc2c(ccn2CCCCCCn2ccc3cc(C(=N)N)ccc32)c1. The summed E-state index contributed by atoms with van der Waals surface area (Å²) in [5.74, 6) is 0.221. The minimum atomic E-state index is 0.111. The fourth-order valence-electron chi connectivity index (χ4n) is 4.04. The molecule has 0 radical (unpaired) electrons. The van der Waals surface area contributed by atoms with Crippen LogP contribution in [0.5, 0.6) is 0 Å². The number of amidine groups is 2. The van der Waals surface area contributed by atoms with Crippen molar-refractivity contribution in [2.75, 3.05) is 0 Å². The monoisotopic (exact) mass is 400 g/mol. The summed E-state index contributed by atoms with van der Waals surface area (Å²) >= 11 is 0. The molecule has 6 nitrogen and oxygen atoms in total. The second kappa shape index (κ2) is 8.45. The molecule has 0 fully saturated rings. The highest BCUT2D eigenvalue weighted by Crippen LogP contribution is 2.20. The van der Waals surface area contributed by atoms with Crippen molar-refractivity contribution < 1.29 is 0 Å². The van der Waals surface area contributed by atoms with Crippen molar-refractivity contribution >= 4 is 33.5 Å². The van der Waals surface area contributed by atoms with Gasteiger partial charge in [-0.05, 0) is 61.4 Å². The molecule has 4 aromatic rings. The highest BCUT2D eigenvalue weighted by molar-refractivity contribution is 5.99. The van der Waals surface area contributed by atoms with Crippen LogP contribution in [0.3, 0.4) is 0 Å². The summed E-state index contributed by atoms with van der Waals surface area (Å²) in [6.07, 6.45) is 8.92. The molecular formula is C24H28N6. The second-order valence-electron chi connectivity index (χ2n) is 7.81. The van der Waals surface area contributed by atoms with Gasteiger partial charge in [-0.3, -0.25) is 10.8 Å². The van der Waals surface area contributed by atoms with Crippen LogP contribution in [0, 0.1) is 10.8 Å². The summed E-state index contributed by atoms with van der Waals surface area (Å²) in [6.45, 7) is 2.01. The zero-order valence-corrected chi connectivity index (χ0v) is 17.1. The lowest BCUT2D eigenvalue weighted by molar-refractivity contribution is 0.550. The van der Waals surface area contributed by atoms with E-state index in [0.29, 0.717) is 0 Å². The first-order valence-corrected chi connectivity index (χ1v) is 10.4. The predicted octanol–water partition coefficient (Wildman–Crippen LogP) is 4.42. The van der Waals surface area contributed by atoms with E-state index in [9.17, 15) is 0 Å². The number of aryl methyl sites for hydroxylation is 2. The third-order valence-electron chi connectivity index (χ3n) is 5.71. The van der Waals surface area contributed by atoms with Crippen LogP contribution in [-0.2, 0) is 13.1 Å². The van der Waals surface area contributed by atoms with E-state index in [-0.39, 0.29) is 11.7 Å². The number of aromatic nitrogens is 2. The first-order valence-electron chi connectivity index (χ1n) is 10.4. The molecule has 30 heavy (non-hydrogen) atoms. The van der Waals surface area contributed by atoms with Gasteiger partial charge in [0.15, 0.2) is 0 Å². The van der Waals surface area contributed by atoms with Crippen LogP contribution in [0.2, 0.25) is 0 Å². The fourth-order valence-corrected chi connectivity index (χ4v) is 4.04. The van der Waals surface area contributed by atoms with Crippen molar-refractivity contribution in [1.82, 2.24) is 9.13 Å². The predicted molar refractivity (Wildman–Crippen MR) is 124 cm³/mol. The Kier molecular flexibility index (Phi) is 5.57. The average molecular weight is 401 g/mol. The third kappa shape index (κ3) is 4.08. The van der Waals surface area contributed by atoms with Gasteiger partial charge in [-0.1, -0.05) is 12.8 Å². The van der Waals surface area contributed by atoms with E-state index >= 15 is 0 Å². The Hall–Kier alpha value is -3.54. The molecule has 0 saturated heterocycles. The number of nitrogens with zero attached hydrogens (tertiary/aromatic N) is 2. The number of hydrogen-bond acceptors (Lipinski definition) is 2. The van der Waals surface area contributed by atoms with Gasteiger partial charge in [-0.2, -0.15) is 0 Å². The number of nitrogen functional groups attached to an aromatic ring is 2. The highest BCUT2D eigenvalue weighted by Gasteiger charge is 2.05. The summed E-state index contributed by atoms with van der Waals surface area (Å²) in [4.78, 5) is 0. The van der Waals surface area contributed by atoms with Crippen LogP contribution >= 0.6 is 0 Å². The second-order valence-corrected chi connectivity index (χ2v) is 7.81. The van der Waals surface area contributed by atoms with Crippen molar-refractivity contribution in [1.29, 1.82) is 10.8 Å². The van der Waals surface area contributed by atoms with Gasteiger partial charge in [0.2, 0.25) is 0 Å². The third-order valence-corrected chi connectivity index (χ3v) is 5.71. The highest BCUT2D eigenvalue weighted by atomic mass is 15.0. The van der Waals surface area contributed by atoms with Gasteiger partial charge in [0, 0.05) is 58.4 Å². The van der Waals surface area contributed by atoms with Gasteiger partial charge in [-0.25, -0.2) is 0 Å². The first-order chi connectivity index (χ1) is 14.5. The molecule has 0 amide bonds. The van der Waals surface area contributed by atoms with E-state index in [0.717, 1.165) is 47.8 Å². The van der Waals surface area contributed by atoms with Crippen LogP contribution in [0.4, 0.5) is 0 Å². The molecule has 0 bridgehead atoms. The molecule has 0 aliphatic rings. The van der Waals surface area contributed by atoms with Gasteiger partial charge in [-0.15, -0.1) is 0 Å². The minimum absolute atomic E-state index is 0.111. The Morgan fingerprint density at radius 1 is 0.633 bits per heavy atom. The van der Waals surface area contributed by atoms with Crippen molar-refractivity contribution in [2.45, 2.75) is 38.8 Å². The normalized spacial score (nSPS) is 11.3. The van der Waals surface area contributed by atoms with Crippen molar-refractivity contribution in [3.8, 4) is 0 Å². The topological polar surface area (TPSA) is 110 Å². The molecule has 2 aromatic heterocycles. The zero-order chi connectivity index (χ0) is 21.1. The molecule has 6 heteroatoms. The van der Waals surface area contributed by atoms with Crippen molar-refractivity contribution in [2.24, 2.45) is 11.5 Å². The smallest absolute Gasteiger partial charge is 0.122 e. The summed E-state index contributed by atoms with van der Waals surface area (Å²) < 4.78 is 4.57. The molecule has 0 saturated carbocycles. The zero-order valence-electron chi connectivity index (χ0n) is 17.1. The van der Waals surface area contributed by atoms with E-state index in [1.54, 1.807) is 0 Å². The fraction of sp³-hybridized carbons (Fsp3) is 0.250. The van der Waals surface area contributed by atoms with Crippen LogP contribution in [-0.4, -0.2) is 20.8 Å². The molecule has 2 heterocycles. The van der Waals surface area contributed by atoms with E-state index in [2.05, 4.69) is 45.8 Å². The number of nitrogens with two attached hydrogens (primary N) is 2. The molecule has 4 rings (SSSR count). The lowest BCUT2D eigenvalue weighted by Crippen LogP contribution is -2.10. The largest absolute Gasteiger partial charge is 0.384 e. The molecule has 0 aliphatic heterocycles. The lowest BCUT2D eigenvalue weighted by Gasteiger charge is -2.08. The molecule has 0 unspecified atom stereocenters. The van der Waals surface area contributed by atoms with Crippen LogP contribution in [0.1, 0.15) is 36.8 Å². The van der Waals surface area contributed by atoms with E-state index in [4.69, 9.17) is 22.3 Å². The molecular weight excluding hydrogens is 372 g/mol. The number of rotatable bonds is 9. The summed E-state index contributed by atoms with van der Waals surface area (Å²) in [7, 11) is 0. The summed E-state index contributed by atoms with van der Waals surface area (Å²) in [6, 6.07) is 16.1. The van der Waals surface area contributed by atoms with Crippen molar-refractivity contribution in [3.05, 3.63) is 72.1 Å². The minimum Gasteiger partial charge on any atom is -0.384 e. The number of nitrogens with one attached hydrogen (secondary N) is 2. The molecule has 0 aliphatic carbocycles. The van der Waals surface area contributed by atoms with Gasteiger partial charge >= 0.3 is 0 Å². The molecule has 2 aromatic carbocycles. The first kappa shape index (κ1) is 19.8. The average Bonchev–Trinajstić information content (AvgIpc) is 3.33. The summed E-state index contributed by atoms with van der Waals surface area (Å²) in [5, 5.41) is 17.4. The maximum absolute atomic E-state index is 7.57. The molecule has 0 spiro atoms. The Bertz CT molecular complexity index is 1120. The van der Waals surface area contributed by atoms with Crippen LogP contribution < -0.4 is 11.5 Å². The van der Waals surface area contributed by atoms with Crippen molar-refractivity contribution in [3.63, 3.8) is 0 Å². The lowest BCUT2D eigenvalue weighted by atomic mass is 10.1. The standard InChI is InChI=1S/C24H28N6/c25-23(26)19-5-7-21-17(15-19)9-13-29(21)11-3-1-2-4-12-30-14-10-18-16-20(24(27)28)6-8-22(18)30/h5-10,13-16H,1-4,11-12H2,(H3,25,26)(H3,27,28). The summed E-state index contributed by atoms with van der Waals surface area (Å²) in [5.41, 5.74) is 15.1. The molecule has 154 valence electrons. The van der Waals surface area contributed by atoms with Gasteiger partial charge in [0.25, 0.3) is 0 Å². The Morgan fingerprint density at radius 3 is 1.47 bits per heavy atom. The maximum Gasteiger partial charge on any atom is 0.122 e. The number of unbranched alkanes of at least 4 members (excludes halogenated alkanes) is 3. The number of fused-ring (bicyclic) bond motifs is 2. The number of hydrogen-bond donors (Lipinski definition) is 4. The Balaban J connectivity index is 1.26. The van der Waals surface area contributed by atoms with Gasteiger partial charge < -0.3 is 20.6 Å². The van der Waals surface area contributed by atoms with E-state index in [1.807, 2.05) is 24.3 Å². The molecule has 6 N–H and O–H groups in total. The number of benzene rings is 2. The van der Waals surface area contributed by atoms with E-state index < -0.39 is 0 Å². The maximum atomic E-state index is 7.57. The van der Waals surface area contributed by atoms with Gasteiger partial charge in [0.05, 0.1) is 0 Å². The van der Waals surface area contributed by atoms with E-state index in [1.165, 1.54) is 23.9 Å². The Morgan fingerprint density at radius 2 is 1.07 bits per heavy atom. The van der Waals surface area contributed by atoms with Gasteiger partial charge in [0.1, 0.15) is 11.7 Å². The van der Waals surface area contributed by atoms with Crippen LogP contribution in [0.15, 0.2) is 60.9 Å². The van der Waals surface area contributed by atoms with Crippen LogP contribution in [0.25, 0.3) is 21.8 Å². The molecule has 0 atom stereocenters.